The summed E-state index contributed by atoms with van der Waals surface area (Å²) >= 11 is 0. The second-order valence-electron chi connectivity index (χ2n) is 6.59. The van der Waals surface area contributed by atoms with Crippen LogP contribution in [0.2, 0.25) is 0 Å². The van der Waals surface area contributed by atoms with Crippen molar-refractivity contribution in [2.75, 3.05) is 0 Å². The molecular weight excluding hydrogens is 272 g/mol. The second kappa shape index (κ2) is 14.1. The minimum absolute atomic E-state index is 0.320. The molecular formula is C20H38O2. The fourth-order valence-electron chi connectivity index (χ4n) is 2.79. The van der Waals surface area contributed by atoms with Gasteiger partial charge in [0.2, 0.25) is 5.79 Å². The summed E-state index contributed by atoms with van der Waals surface area (Å²) < 4.78 is 0. The number of hydrogen-bond donors (Lipinski definition) is 2. The first-order valence-corrected chi connectivity index (χ1v) is 9.53. The van der Waals surface area contributed by atoms with Gasteiger partial charge in [-0.05, 0) is 25.2 Å². The Hall–Kier alpha value is -0.520. The van der Waals surface area contributed by atoms with E-state index in [4.69, 9.17) is 0 Å². The summed E-state index contributed by atoms with van der Waals surface area (Å²) in [4.78, 5) is 0. The first-order valence-electron chi connectivity index (χ1n) is 9.53. The monoisotopic (exact) mass is 310 g/mol. The molecule has 1 atom stereocenters. The highest BCUT2D eigenvalue weighted by molar-refractivity contribution is 5.11. The van der Waals surface area contributed by atoms with E-state index in [-0.39, 0.29) is 0 Å². The molecule has 130 valence electrons. The molecule has 0 amide bonds. The summed E-state index contributed by atoms with van der Waals surface area (Å²) in [6.07, 6.45) is 15.0. The first-order chi connectivity index (χ1) is 10.6. The first kappa shape index (κ1) is 21.5. The lowest BCUT2D eigenvalue weighted by Crippen LogP contribution is -2.25. The van der Waals surface area contributed by atoms with Gasteiger partial charge >= 0.3 is 0 Å². The number of unbranched alkanes of at least 4 members (excludes halogenated alkanes) is 7. The minimum Gasteiger partial charge on any atom is -0.356 e. The molecule has 0 fully saturated rings. The summed E-state index contributed by atoms with van der Waals surface area (Å²) in [5.41, 5.74) is 0. The molecule has 0 radical (unpaired) electrons. The highest BCUT2D eigenvalue weighted by Gasteiger charge is 2.18. The molecule has 0 spiro atoms. The van der Waals surface area contributed by atoms with Gasteiger partial charge in [0.05, 0.1) is 0 Å². The Balaban J connectivity index is 3.93. The molecule has 0 bridgehead atoms. The van der Waals surface area contributed by atoms with E-state index >= 15 is 0 Å². The van der Waals surface area contributed by atoms with Gasteiger partial charge in [0.25, 0.3) is 0 Å². The van der Waals surface area contributed by atoms with E-state index in [1.54, 1.807) is 0 Å². The van der Waals surface area contributed by atoms with Gasteiger partial charge in [0.15, 0.2) is 0 Å². The third kappa shape index (κ3) is 13.2. The van der Waals surface area contributed by atoms with Crippen molar-refractivity contribution >= 4 is 0 Å². The highest BCUT2D eigenvalue weighted by atomic mass is 16.5. The second-order valence-corrected chi connectivity index (χ2v) is 6.59. The Morgan fingerprint density at radius 2 is 1.32 bits per heavy atom. The van der Waals surface area contributed by atoms with Crippen LogP contribution >= 0.6 is 0 Å². The van der Waals surface area contributed by atoms with Crippen molar-refractivity contribution in [1.29, 1.82) is 0 Å². The van der Waals surface area contributed by atoms with E-state index in [1.807, 2.05) is 6.92 Å². The van der Waals surface area contributed by atoms with Crippen LogP contribution in [-0.4, -0.2) is 16.0 Å². The Morgan fingerprint density at radius 3 is 1.86 bits per heavy atom. The SMILES string of the molecule is CCCCCCCCCCC(C#CC(O)(O)CCC)CCC. The van der Waals surface area contributed by atoms with E-state index in [9.17, 15) is 10.2 Å². The quantitative estimate of drug-likeness (QED) is 0.271. The maximum atomic E-state index is 9.73. The Labute approximate surface area is 138 Å². The molecule has 0 aromatic carbocycles. The van der Waals surface area contributed by atoms with E-state index < -0.39 is 5.79 Å². The number of rotatable bonds is 13. The molecule has 1 unspecified atom stereocenters. The third-order valence-corrected chi connectivity index (χ3v) is 4.12. The predicted octanol–water partition coefficient (Wildman–Crippen LogP) is 5.42. The largest absolute Gasteiger partial charge is 0.356 e. The Morgan fingerprint density at radius 1 is 0.727 bits per heavy atom. The summed E-state index contributed by atoms with van der Waals surface area (Å²) in [6.45, 7) is 6.36. The molecule has 0 saturated heterocycles. The molecule has 2 N–H and O–H groups in total. The lowest BCUT2D eigenvalue weighted by molar-refractivity contribution is -0.114. The van der Waals surface area contributed by atoms with Crippen LogP contribution in [0.3, 0.4) is 0 Å². The molecule has 22 heavy (non-hydrogen) atoms. The van der Waals surface area contributed by atoms with Crippen LogP contribution in [0.4, 0.5) is 0 Å². The summed E-state index contributed by atoms with van der Waals surface area (Å²) in [5, 5.41) is 19.5. The molecule has 0 rings (SSSR count). The van der Waals surface area contributed by atoms with Gasteiger partial charge in [-0.25, -0.2) is 0 Å². The van der Waals surface area contributed by atoms with Crippen LogP contribution in [0.1, 0.15) is 104 Å². The van der Waals surface area contributed by atoms with Gasteiger partial charge in [-0.1, -0.05) is 84.5 Å². The number of aliphatic hydroxyl groups is 2. The van der Waals surface area contributed by atoms with Crippen LogP contribution in [0.25, 0.3) is 0 Å². The topological polar surface area (TPSA) is 40.5 Å². The Bertz CT molecular complexity index is 299. The molecule has 0 aromatic heterocycles. The predicted molar refractivity (Wildman–Crippen MR) is 95.5 cm³/mol. The number of hydrogen-bond acceptors (Lipinski definition) is 2. The van der Waals surface area contributed by atoms with E-state index in [0.29, 0.717) is 12.3 Å². The molecule has 2 nitrogen and oxygen atoms in total. The van der Waals surface area contributed by atoms with Crippen molar-refractivity contribution in [2.24, 2.45) is 5.92 Å². The standard InChI is InChI=1S/C20H38O2/c1-4-7-8-9-10-11-12-13-15-19(14-5-2)16-18-20(21,22)17-6-3/h19,21-22H,4-15,17H2,1-3H3. The van der Waals surface area contributed by atoms with Crippen LogP contribution < -0.4 is 0 Å². The van der Waals surface area contributed by atoms with Crippen molar-refractivity contribution in [2.45, 2.75) is 110 Å². The molecule has 0 aromatic rings. The van der Waals surface area contributed by atoms with Crippen LogP contribution in [-0.2, 0) is 0 Å². The lowest BCUT2D eigenvalue weighted by Gasteiger charge is -2.14. The molecule has 0 aliphatic carbocycles. The van der Waals surface area contributed by atoms with Crippen LogP contribution in [0.5, 0.6) is 0 Å². The fraction of sp³-hybridized carbons (Fsp3) is 0.900. The van der Waals surface area contributed by atoms with Crippen LogP contribution in [0, 0.1) is 17.8 Å². The zero-order valence-electron chi connectivity index (χ0n) is 15.2. The maximum absolute atomic E-state index is 9.73. The van der Waals surface area contributed by atoms with Crippen molar-refractivity contribution in [1.82, 2.24) is 0 Å². The van der Waals surface area contributed by atoms with E-state index in [1.165, 1.54) is 51.4 Å². The van der Waals surface area contributed by atoms with Gasteiger partial charge < -0.3 is 10.2 Å². The van der Waals surface area contributed by atoms with Gasteiger partial charge in [-0.3, -0.25) is 0 Å². The van der Waals surface area contributed by atoms with Crippen molar-refractivity contribution in [3.8, 4) is 11.8 Å². The van der Waals surface area contributed by atoms with E-state index in [0.717, 1.165) is 25.7 Å². The summed E-state index contributed by atoms with van der Waals surface area (Å²) in [7, 11) is 0. The average molecular weight is 311 g/mol. The Kier molecular flexibility index (Phi) is 13.8. The molecule has 0 saturated carbocycles. The zero-order chi connectivity index (χ0) is 16.7. The summed E-state index contributed by atoms with van der Waals surface area (Å²) in [5.74, 6) is 4.32. The molecule has 0 aliphatic rings. The van der Waals surface area contributed by atoms with Crippen molar-refractivity contribution in [3.63, 3.8) is 0 Å². The highest BCUT2D eigenvalue weighted by Crippen LogP contribution is 2.17. The van der Waals surface area contributed by atoms with Crippen molar-refractivity contribution in [3.05, 3.63) is 0 Å². The van der Waals surface area contributed by atoms with Crippen molar-refractivity contribution < 1.29 is 10.2 Å². The van der Waals surface area contributed by atoms with Gasteiger partial charge in [-0.15, -0.1) is 0 Å². The van der Waals surface area contributed by atoms with Gasteiger partial charge in [0.1, 0.15) is 0 Å². The zero-order valence-corrected chi connectivity index (χ0v) is 15.2. The normalized spacial score (nSPS) is 12.8. The lowest BCUT2D eigenvalue weighted by atomic mass is 9.95. The summed E-state index contributed by atoms with van der Waals surface area (Å²) in [6, 6.07) is 0. The molecule has 2 heteroatoms. The molecule has 0 heterocycles. The van der Waals surface area contributed by atoms with Gasteiger partial charge in [0, 0.05) is 12.3 Å². The molecule has 0 aliphatic heterocycles. The smallest absolute Gasteiger partial charge is 0.228 e. The fourth-order valence-corrected chi connectivity index (χ4v) is 2.79. The average Bonchev–Trinajstić information content (AvgIpc) is 2.47. The minimum atomic E-state index is -1.79. The van der Waals surface area contributed by atoms with Crippen LogP contribution in [0.15, 0.2) is 0 Å². The van der Waals surface area contributed by atoms with Gasteiger partial charge in [-0.2, -0.15) is 0 Å². The third-order valence-electron chi connectivity index (χ3n) is 4.12. The van der Waals surface area contributed by atoms with E-state index in [2.05, 4.69) is 25.7 Å². The maximum Gasteiger partial charge on any atom is 0.228 e.